The van der Waals surface area contributed by atoms with Gasteiger partial charge in [-0.05, 0) is 79.0 Å². The molecule has 0 radical (unpaired) electrons. The second kappa shape index (κ2) is 8.27. The number of fused-ring (bicyclic) bond motifs is 1. The summed E-state index contributed by atoms with van der Waals surface area (Å²) in [6, 6.07) is 14.7. The molecule has 1 amide bonds. The first kappa shape index (κ1) is 22.4. The number of benzene rings is 2. The normalized spacial score (nSPS) is 29.6. The summed E-state index contributed by atoms with van der Waals surface area (Å²) in [6.07, 6.45) is 9.48. The quantitative estimate of drug-likeness (QED) is 0.594. The standard InChI is InChI=1S/C30H31FN2O2/c1-29-18-22-19-32-28(21-8-10-24(31)11-9-21)25(22)17-23(29)13-15-30(29,35)14-12-20-5-2-3-6-26(20)33-16-4-7-27(33)34/h2-3,5-6,8-11,17,19,28,35H,4,7,12-16,18H2,1H3/t28?,29?,30-/m0/s1. The van der Waals surface area contributed by atoms with Crippen molar-refractivity contribution >= 4 is 17.8 Å². The van der Waals surface area contributed by atoms with E-state index in [0.717, 1.165) is 55.5 Å². The van der Waals surface area contributed by atoms with Crippen molar-refractivity contribution < 1.29 is 14.3 Å². The summed E-state index contributed by atoms with van der Waals surface area (Å²) in [4.78, 5) is 19.0. The van der Waals surface area contributed by atoms with Gasteiger partial charge in [-0.1, -0.05) is 48.9 Å². The van der Waals surface area contributed by atoms with Crippen LogP contribution in [0.4, 0.5) is 10.1 Å². The molecule has 5 heteroatoms. The summed E-state index contributed by atoms with van der Waals surface area (Å²) < 4.78 is 13.4. The maximum absolute atomic E-state index is 13.4. The third-order valence-electron chi connectivity index (χ3n) is 8.81. The number of aryl methyl sites for hydroxylation is 1. The number of anilines is 1. The van der Waals surface area contributed by atoms with E-state index in [-0.39, 0.29) is 23.2 Å². The molecule has 1 saturated carbocycles. The number of hydrogen-bond donors (Lipinski definition) is 1. The summed E-state index contributed by atoms with van der Waals surface area (Å²) >= 11 is 0. The molecule has 2 heterocycles. The lowest BCUT2D eigenvalue weighted by molar-refractivity contribution is -0.117. The van der Waals surface area contributed by atoms with Gasteiger partial charge in [-0.25, -0.2) is 4.39 Å². The average molecular weight is 471 g/mol. The van der Waals surface area contributed by atoms with E-state index in [4.69, 9.17) is 4.99 Å². The molecule has 1 N–H and O–H groups in total. The van der Waals surface area contributed by atoms with Gasteiger partial charge in [-0.15, -0.1) is 0 Å². The zero-order valence-corrected chi connectivity index (χ0v) is 20.1. The number of aliphatic hydroxyl groups is 1. The van der Waals surface area contributed by atoms with Gasteiger partial charge < -0.3 is 10.0 Å². The van der Waals surface area contributed by atoms with Gasteiger partial charge >= 0.3 is 0 Å². The number of halogens is 1. The van der Waals surface area contributed by atoms with E-state index in [1.54, 1.807) is 0 Å². The van der Waals surface area contributed by atoms with Crippen LogP contribution in [0.5, 0.6) is 0 Å². The maximum Gasteiger partial charge on any atom is 0.227 e. The Morgan fingerprint density at radius 3 is 2.71 bits per heavy atom. The molecule has 1 saturated heterocycles. The Bertz CT molecular complexity index is 1280. The third kappa shape index (κ3) is 3.59. The smallest absolute Gasteiger partial charge is 0.227 e. The van der Waals surface area contributed by atoms with Gasteiger partial charge in [0, 0.05) is 30.3 Å². The Hall–Kier alpha value is -3.05. The van der Waals surface area contributed by atoms with E-state index >= 15 is 0 Å². The van der Waals surface area contributed by atoms with Gasteiger partial charge in [0.25, 0.3) is 0 Å². The number of aliphatic imine (C=N–C) groups is 1. The van der Waals surface area contributed by atoms with Crippen LogP contribution in [-0.4, -0.2) is 29.4 Å². The number of hydrogen-bond acceptors (Lipinski definition) is 3. The molecule has 2 aromatic rings. The molecule has 4 aliphatic rings. The van der Waals surface area contributed by atoms with Gasteiger partial charge in [-0.2, -0.15) is 0 Å². The lowest BCUT2D eigenvalue weighted by Gasteiger charge is -2.43. The summed E-state index contributed by atoms with van der Waals surface area (Å²) in [5.74, 6) is -0.0479. The minimum atomic E-state index is -0.818. The summed E-state index contributed by atoms with van der Waals surface area (Å²) in [6.45, 7) is 2.97. The van der Waals surface area contributed by atoms with E-state index in [0.29, 0.717) is 12.8 Å². The molecule has 2 aliphatic heterocycles. The van der Waals surface area contributed by atoms with Crippen molar-refractivity contribution in [1.82, 2.24) is 0 Å². The van der Waals surface area contributed by atoms with Crippen LogP contribution < -0.4 is 4.90 Å². The average Bonchev–Trinajstić information content (AvgIpc) is 3.53. The van der Waals surface area contributed by atoms with Crippen LogP contribution in [-0.2, 0) is 11.2 Å². The maximum atomic E-state index is 13.4. The van der Waals surface area contributed by atoms with Crippen molar-refractivity contribution in [3.63, 3.8) is 0 Å². The number of carbonyl (C=O) groups is 1. The predicted molar refractivity (Wildman–Crippen MR) is 136 cm³/mol. The van der Waals surface area contributed by atoms with Crippen LogP contribution in [0.25, 0.3) is 0 Å². The van der Waals surface area contributed by atoms with Gasteiger partial charge in [0.05, 0.1) is 5.60 Å². The van der Waals surface area contributed by atoms with Crippen LogP contribution in [0.3, 0.4) is 0 Å². The second-order valence-electron chi connectivity index (χ2n) is 10.7. The van der Waals surface area contributed by atoms with Gasteiger partial charge in [0.1, 0.15) is 11.9 Å². The van der Waals surface area contributed by atoms with Crippen LogP contribution in [0, 0.1) is 11.2 Å². The Labute approximate surface area is 205 Å². The molecule has 0 bridgehead atoms. The molecule has 2 fully saturated rings. The molecule has 2 aromatic carbocycles. The van der Waals surface area contributed by atoms with Gasteiger partial charge in [0.2, 0.25) is 5.91 Å². The van der Waals surface area contributed by atoms with Gasteiger partial charge in [-0.3, -0.25) is 9.79 Å². The van der Waals surface area contributed by atoms with E-state index in [1.165, 1.54) is 28.9 Å². The summed E-state index contributed by atoms with van der Waals surface area (Å²) in [5, 5.41) is 12.0. The van der Waals surface area contributed by atoms with E-state index in [2.05, 4.69) is 19.1 Å². The lowest BCUT2D eigenvalue weighted by Crippen LogP contribution is -2.44. The molecule has 0 aromatic heterocycles. The Morgan fingerprint density at radius 1 is 1.14 bits per heavy atom. The fourth-order valence-corrected chi connectivity index (χ4v) is 6.63. The monoisotopic (exact) mass is 470 g/mol. The molecule has 3 atom stereocenters. The third-order valence-corrected chi connectivity index (χ3v) is 8.81. The Morgan fingerprint density at radius 2 is 1.94 bits per heavy atom. The van der Waals surface area contributed by atoms with Crippen molar-refractivity contribution in [2.45, 2.75) is 63.5 Å². The highest BCUT2D eigenvalue weighted by atomic mass is 19.1. The molecule has 6 rings (SSSR count). The predicted octanol–water partition coefficient (Wildman–Crippen LogP) is 5.87. The minimum Gasteiger partial charge on any atom is -0.389 e. The molecule has 35 heavy (non-hydrogen) atoms. The Kier molecular flexibility index (Phi) is 5.29. The highest BCUT2D eigenvalue weighted by molar-refractivity contribution is 5.96. The molecular formula is C30H31FN2O2. The fourth-order valence-electron chi connectivity index (χ4n) is 6.63. The fraction of sp³-hybridized carbons (Fsp3) is 0.400. The first-order chi connectivity index (χ1) is 16.9. The number of amides is 1. The van der Waals surface area contributed by atoms with Crippen molar-refractivity contribution in [2.75, 3.05) is 11.4 Å². The highest BCUT2D eigenvalue weighted by Gasteiger charge is 2.55. The highest BCUT2D eigenvalue weighted by Crippen LogP contribution is 2.59. The molecule has 0 spiro atoms. The minimum absolute atomic E-state index is 0.0961. The first-order valence-electron chi connectivity index (χ1n) is 12.7. The van der Waals surface area contributed by atoms with Crippen molar-refractivity contribution in [3.8, 4) is 0 Å². The molecule has 2 aliphatic carbocycles. The molecule has 180 valence electrons. The van der Waals surface area contributed by atoms with Gasteiger partial charge in [0.15, 0.2) is 0 Å². The number of rotatable bonds is 5. The topological polar surface area (TPSA) is 52.9 Å². The van der Waals surface area contributed by atoms with Crippen molar-refractivity contribution in [1.29, 1.82) is 0 Å². The van der Waals surface area contributed by atoms with E-state index in [9.17, 15) is 14.3 Å². The van der Waals surface area contributed by atoms with Crippen LogP contribution in [0.15, 0.2) is 76.3 Å². The lowest BCUT2D eigenvalue weighted by atomic mass is 9.64. The zero-order valence-electron chi connectivity index (χ0n) is 20.1. The van der Waals surface area contributed by atoms with Crippen molar-refractivity contribution in [2.24, 2.45) is 10.4 Å². The number of nitrogens with zero attached hydrogens (tertiary/aromatic N) is 2. The SMILES string of the molecule is CC12CC3=C(C=C1CC[C@@]2(O)CCc1ccccc1N1CCCC1=O)C(c1ccc(F)cc1)N=C3. The zero-order chi connectivity index (χ0) is 24.2. The van der Waals surface area contributed by atoms with E-state index < -0.39 is 5.60 Å². The molecule has 4 nitrogen and oxygen atoms in total. The largest absolute Gasteiger partial charge is 0.389 e. The Balaban J connectivity index is 1.24. The molecule has 2 unspecified atom stereocenters. The molecular weight excluding hydrogens is 439 g/mol. The van der Waals surface area contributed by atoms with Crippen LogP contribution >= 0.6 is 0 Å². The number of allylic oxidation sites excluding steroid dienone is 1. The van der Waals surface area contributed by atoms with Crippen LogP contribution in [0.2, 0.25) is 0 Å². The van der Waals surface area contributed by atoms with Crippen LogP contribution in [0.1, 0.15) is 62.6 Å². The van der Waals surface area contributed by atoms with E-state index in [1.807, 2.05) is 41.4 Å². The second-order valence-corrected chi connectivity index (χ2v) is 10.7. The number of carbonyl (C=O) groups excluding carboxylic acids is 1. The van der Waals surface area contributed by atoms with Crippen molar-refractivity contribution in [3.05, 3.63) is 88.3 Å². The first-order valence-corrected chi connectivity index (χ1v) is 12.7. The number of para-hydroxylation sites is 1. The summed E-state index contributed by atoms with van der Waals surface area (Å²) in [7, 11) is 0. The summed E-state index contributed by atoms with van der Waals surface area (Å²) in [5.41, 5.74) is 5.62.